The Balaban J connectivity index is 1.77. The van der Waals surface area contributed by atoms with E-state index < -0.39 is 0 Å². The monoisotopic (exact) mass is 371 g/mol. The molecule has 5 nitrogen and oxygen atoms in total. The van der Waals surface area contributed by atoms with Crippen molar-refractivity contribution in [3.8, 4) is 0 Å². The number of morpholine rings is 1. The molecule has 1 heterocycles. The van der Waals surface area contributed by atoms with Gasteiger partial charge in [-0.25, -0.2) is 5.43 Å². The Morgan fingerprint density at radius 1 is 1.12 bits per heavy atom. The van der Waals surface area contributed by atoms with Crippen LogP contribution in [0.25, 0.3) is 0 Å². The first-order valence-corrected chi connectivity index (χ1v) is 9.00. The lowest BCUT2D eigenvalue weighted by Crippen LogP contribution is -2.42. The molecule has 136 valence electrons. The SMILES string of the molecule is C/C(=N/NC(=O)c1ccc(Cl)cc1)[C@H](c1ccccc1)N1CCOCC1. The maximum atomic E-state index is 12.3. The molecule has 0 unspecified atom stereocenters. The summed E-state index contributed by atoms with van der Waals surface area (Å²) in [5, 5.41) is 4.97. The van der Waals surface area contributed by atoms with Gasteiger partial charge in [-0.1, -0.05) is 41.9 Å². The lowest BCUT2D eigenvalue weighted by atomic mass is 10.0. The van der Waals surface area contributed by atoms with Crippen LogP contribution in [0.4, 0.5) is 0 Å². The zero-order chi connectivity index (χ0) is 18.4. The van der Waals surface area contributed by atoms with Crippen molar-refractivity contribution >= 4 is 23.2 Å². The smallest absolute Gasteiger partial charge is 0.271 e. The molecule has 1 atom stereocenters. The highest BCUT2D eigenvalue weighted by Gasteiger charge is 2.25. The Morgan fingerprint density at radius 3 is 2.42 bits per heavy atom. The minimum Gasteiger partial charge on any atom is -0.379 e. The second-order valence-electron chi connectivity index (χ2n) is 6.16. The third-order valence-corrected chi connectivity index (χ3v) is 4.61. The van der Waals surface area contributed by atoms with Gasteiger partial charge in [-0.3, -0.25) is 9.69 Å². The summed E-state index contributed by atoms with van der Waals surface area (Å²) >= 11 is 5.86. The van der Waals surface area contributed by atoms with Crippen molar-refractivity contribution in [2.75, 3.05) is 26.3 Å². The van der Waals surface area contributed by atoms with Gasteiger partial charge in [0.05, 0.1) is 25.0 Å². The summed E-state index contributed by atoms with van der Waals surface area (Å²) < 4.78 is 5.47. The number of hydrazone groups is 1. The molecule has 0 aliphatic carbocycles. The highest BCUT2D eigenvalue weighted by atomic mass is 35.5. The second kappa shape index (κ2) is 8.94. The van der Waals surface area contributed by atoms with Crippen LogP contribution >= 0.6 is 11.6 Å². The predicted molar refractivity (Wildman–Crippen MR) is 104 cm³/mol. The van der Waals surface area contributed by atoms with Gasteiger partial charge in [0.25, 0.3) is 5.91 Å². The summed E-state index contributed by atoms with van der Waals surface area (Å²) in [6.07, 6.45) is 0. The first kappa shape index (κ1) is 18.6. The molecule has 0 radical (unpaired) electrons. The number of halogens is 1. The average Bonchev–Trinajstić information content (AvgIpc) is 2.68. The third kappa shape index (κ3) is 4.69. The van der Waals surface area contributed by atoms with E-state index in [1.165, 1.54) is 0 Å². The summed E-state index contributed by atoms with van der Waals surface area (Å²) in [4.78, 5) is 14.6. The van der Waals surface area contributed by atoms with Crippen molar-refractivity contribution in [3.05, 3.63) is 70.7 Å². The second-order valence-corrected chi connectivity index (χ2v) is 6.60. The number of carbonyl (C=O) groups excluding carboxylic acids is 1. The highest BCUT2D eigenvalue weighted by Crippen LogP contribution is 2.23. The van der Waals surface area contributed by atoms with E-state index in [4.69, 9.17) is 16.3 Å². The lowest BCUT2D eigenvalue weighted by Gasteiger charge is -2.34. The van der Waals surface area contributed by atoms with E-state index in [9.17, 15) is 4.79 Å². The van der Waals surface area contributed by atoms with Crippen LogP contribution in [0.15, 0.2) is 59.7 Å². The minimum absolute atomic E-state index is 0.00520. The fourth-order valence-corrected chi connectivity index (χ4v) is 3.18. The standard InChI is InChI=1S/C20H22ClN3O2/c1-15(22-23-20(25)17-7-9-18(21)10-8-17)19(16-5-3-2-4-6-16)24-11-13-26-14-12-24/h2-10,19H,11-14H2,1H3,(H,23,25)/b22-15-/t19-/m1/s1. The van der Waals surface area contributed by atoms with Crippen molar-refractivity contribution in [2.45, 2.75) is 13.0 Å². The van der Waals surface area contributed by atoms with Crippen molar-refractivity contribution in [3.63, 3.8) is 0 Å². The Morgan fingerprint density at radius 2 is 1.77 bits per heavy atom. The summed E-state index contributed by atoms with van der Waals surface area (Å²) in [6, 6.07) is 16.9. The Hall–Kier alpha value is -2.21. The van der Waals surface area contributed by atoms with Gasteiger partial charge in [0.2, 0.25) is 0 Å². The van der Waals surface area contributed by atoms with E-state index in [0.717, 1.165) is 24.4 Å². The number of benzene rings is 2. The average molecular weight is 372 g/mol. The van der Waals surface area contributed by atoms with Crippen LogP contribution in [-0.4, -0.2) is 42.8 Å². The summed E-state index contributed by atoms with van der Waals surface area (Å²) in [7, 11) is 0. The molecule has 0 spiro atoms. The quantitative estimate of drug-likeness (QED) is 0.646. The van der Waals surface area contributed by atoms with E-state index in [2.05, 4.69) is 27.6 Å². The fraction of sp³-hybridized carbons (Fsp3) is 0.300. The van der Waals surface area contributed by atoms with Crippen molar-refractivity contribution in [1.29, 1.82) is 0 Å². The highest BCUT2D eigenvalue weighted by molar-refractivity contribution is 6.30. The zero-order valence-corrected chi connectivity index (χ0v) is 15.4. The molecular formula is C20H22ClN3O2. The predicted octanol–water partition coefficient (Wildman–Crippen LogP) is 3.52. The van der Waals surface area contributed by atoms with E-state index in [1.54, 1.807) is 24.3 Å². The summed E-state index contributed by atoms with van der Waals surface area (Å²) in [5.74, 6) is -0.255. The van der Waals surface area contributed by atoms with Gasteiger partial charge < -0.3 is 4.74 Å². The van der Waals surface area contributed by atoms with Crippen LogP contribution in [-0.2, 0) is 4.74 Å². The Bertz CT molecular complexity index is 756. The summed E-state index contributed by atoms with van der Waals surface area (Å²) in [6.45, 7) is 5.01. The van der Waals surface area contributed by atoms with Crippen molar-refractivity contribution in [1.82, 2.24) is 10.3 Å². The molecule has 2 aromatic rings. The number of nitrogens with zero attached hydrogens (tertiary/aromatic N) is 2. The zero-order valence-electron chi connectivity index (χ0n) is 14.7. The molecule has 1 N–H and O–H groups in total. The number of hydrogen-bond donors (Lipinski definition) is 1. The molecule has 26 heavy (non-hydrogen) atoms. The molecular weight excluding hydrogens is 350 g/mol. The van der Waals surface area contributed by atoms with Crippen molar-refractivity contribution < 1.29 is 9.53 Å². The molecule has 0 aromatic heterocycles. The molecule has 6 heteroatoms. The van der Waals surface area contributed by atoms with Crippen LogP contribution in [0, 0.1) is 0 Å². The minimum atomic E-state index is -0.255. The Labute approximate surface area is 158 Å². The molecule has 1 aliphatic rings. The van der Waals surface area contributed by atoms with Crippen LogP contribution in [0.1, 0.15) is 28.9 Å². The molecule has 2 aromatic carbocycles. The maximum absolute atomic E-state index is 12.3. The van der Waals surface area contributed by atoms with Crippen molar-refractivity contribution in [2.24, 2.45) is 5.10 Å². The van der Waals surface area contributed by atoms with Crippen LogP contribution < -0.4 is 5.43 Å². The topological polar surface area (TPSA) is 53.9 Å². The first-order chi connectivity index (χ1) is 12.6. The molecule has 0 bridgehead atoms. The third-order valence-electron chi connectivity index (χ3n) is 4.36. The molecule has 1 saturated heterocycles. The Kier molecular flexibility index (Phi) is 6.39. The molecule has 1 amide bonds. The molecule has 3 rings (SSSR count). The summed E-state index contributed by atoms with van der Waals surface area (Å²) in [5.41, 5.74) is 5.16. The van der Waals surface area contributed by atoms with Gasteiger partial charge in [-0.05, 0) is 36.8 Å². The van der Waals surface area contributed by atoms with Gasteiger partial charge in [0.1, 0.15) is 0 Å². The number of nitrogens with one attached hydrogen (secondary N) is 1. The van der Waals surface area contributed by atoms with Gasteiger partial charge >= 0.3 is 0 Å². The van der Waals surface area contributed by atoms with Crippen LogP contribution in [0.2, 0.25) is 5.02 Å². The fourth-order valence-electron chi connectivity index (χ4n) is 3.05. The maximum Gasteiger partial charge on any atom is 0.271 e. The van der Waals surface area contributed by atoms with E-state index in [1.807, 2.05) is 25.1 Å². The number of rotatable bonds is 5. The molecule has 0 saturated carbocycles. The van der Waals surface area contributed by atoms with Crippen LogP contribution in [0.5, 0.6) is 0 Å². The van der Waals surface area contributed by atoms with Gasteiger partial charge in [-0.15, -0.1) is 0 Å². The molecule has 1 aliphatic heterocycles. The van der Waals surface area contributed by atoms with E-state index >= 15 is 0 Å². The molecule has 1 fully saturated rings. The van der Waals surface area contributed by atoms with Crippen LogP contribution in [0.3, 0.4) is 0 Å². The van der Waals surface area contributed by atoms with Gasteiger partial charge in [0, 0.05) is 23.7 Å². The number of amides is 1. The van der Waals surface area contributed by atoms with E-state index in [-0.39, 0.29) is 11.9 Å². The number of hydrogen-bond acceptors (Lipinski definition) is 4. The van der Waals surface area contributed by atoms with E-state index in [0.29, 0.717) is 23.8 Å². The van der Waals surface area contributed by atoms with Gasteiger partial charge in [-0.2, -0.15) is 5.10 Å². The number of ether oxygens (including phenoxy) is 1. The van der Waals surface area contributed by atoms with Gasteiger partial charge in [0.15, 0.2) is 0 Å². The largest absolute Gasteiger partial charge is 0.379 e. The lowest BCUT2D eigenvalue weighted by molar-refractivity contribution is 0.0285. The normalized spacial score (nSPS) is 16.9. The first-order valence-electron chi connectivity index (χ1n) is 8.62. The number of carbonyl (C=O) groups is 1.